The summed E-state index contributed by atoms with van der Waals surface area (Å²) in [6.45, 7) is 0. The van der Waals surface area contributed by atoms with Crippen molar-refractivity contribution in [3.8, 4) is 16.9 Å². The number of anilines is 1. The first-order valence-corrected chi connectivity index (χ1v) is 13.6. The molecule has 38 heavy (non-hydrogen) atoms. The number of hydrogen-bond acceptors (Lipinski definition) is 4. The minimum atomic E-state index is -4.37. The molecule has 1 fully saturated rings. The molecular weight excluding hydrogens is 508 g/mol. The van der Waals surface area contributed by atoms with Crippen LogP contribution in [0.4, 0.5) is 10.1 Å². The Morgan fingerprint density at radius 3 is 2.11 bits per heavy atom. The van der Waals surface area contributed by atoms with Gasteiger partial charge >= 0.3 is 7.60 Å². The highest BCUT2D eigenvalue weighted by Crippen LogP contribution is 2.49. The molecule has 0 saturated carbocycles. The Morgan fingerprint density at radius 2 is 1.50 bits per heavy atom. The number of carbonyl (C=O) groups is 1. The van der Waals surface area contributed by atoms with Gasteiger partial charge in [0, 0.05) is 11.3 Å². The van der Waals surface area contributed by atoms with Crippen LogP contribution in [0.5, 0.6) is 5.75 Å². The van der Waals surface area contributed by atoms with Crippen molar-refractivity contribution in [1.29, 1.82) is 0 Å². The van der Waals surface area contributed by atoms with Crippen molar-refractivity contribution < 1.29 is 33.7 Å². The van der Waals surface area contributed by atoms with Crippen LogP contribution in [0.25, 0.3) is 11.1 Å². The summed E-state index contributed by atoms with van der Waals surface area (Å²) >= 11 is 0. The van der Waals surface area contributed by atoms with Gasteiger partial charge in [0.1, 0.15) is 11.6 Å². The van der Waals surface area contributed by atoms with E-state index in [9.17, 15) is 33.7 Å². The third-order valence-electron chi connectivity index (χ3n) is 6.87. The average molecular weight is 533 g/mol. The Labute approximate surface area is 218 Å². The highest BCUT2D eigenvalue weighted by molar-refractivity contribution is 7.60. The van der Waals surface area contributed by atoms with Crippen molar-refractivity contribution in [2.45, 2.75) is 18.6 Å². The molecule has 7 nitrogen and oxygen atoms in total. The number of benzene rings is 4. The summed E-state index contributed by atoms with van der Waals surface area (Å²) in [5, 5.41) is 21.8. The summed E-state index contributed by atoms with van der Waals surface area (Å²) in [6.07, 6.45) is -0.914. The summed E-state index contributed by atoms with van der Waals surface area (Å²) in [5.74, 6) is -1.30. The predicted molar refractivity (Wildman–Crippen MR) is 141 cm³/mol. The highest BCUT2D eigenvalue weighted by atomic mass is 31.2. The molecule has 4 N–H and O–H groups in total. The van der Waals surface area contributed by atoms with Gasteiger partial charge in [-0.3, -0.25) is 9.36 Å². The minimum absolute atomic E-state index is 0.0544. The van der Waals surface area contributed by atoms with Gasteiger partial charge in [-0.15, -0.1) is 0 Å². The van der Waals surface area contributed by atoms with E-state index in [1.54, 1.807) is 47.4 Å². The van der Waals surface area contributed by atoms with E-state index in [-0.39, 0.29) is 23.4 Å². The van der Waals surface area contributed by atoms with Crippen LogP contribution in [-0.2, 0) is 9.36 Å². The minimum Gasteiger partial charge on any atom is -0.508 e. The number of nitrogens with zero attached hydrogens (tertiary/aromatic N) is 1. The van der Waals surface area contributed by atoms with E-state index in [1.807, 2.05) is 18.2 Å². The number of halogens is 1. The van der Waals surface area contributed by atoms with Crippen LogP contribution >= 0.6 is 7.60 Å². The number of aliphatic hydroxyl groups is 1. The first-order chi connectivity index (χ1) is 18.1. The van der Waals surface area contributed by atoms with Gasteiger partial charge < -0.3 is 24.9 Å². The first kappa shape index (κ1) is 25.8. The second-order valence-corrected chi connectivity index (χ2v) is 10.9. The molecule has 1 aliphatic heterocycles. The summed E-state index contributed by atoms with van der Waals surface area (Å²) < 4.78 is 24.8. The van der Waals surface area contributed by atoms with E-state index in [1.165, 1.54) is 36.4 Å². The maximum atomic E-state index is 13.3. The number of hydrogen-bond donors (Lipinski definition) is 4. The molecule has 4 aromatic carbocycles. The lowest BCUT2D eigenvalue weighted by Gasteiger charge is -2.48. The van der Waals surface area contributed by atoms with Gasteiger partial charge in [-0.05, 0) is 65.6 Å². The van der Waals surface area contributed by atoms with Gasteiger partial charge in [-0.1, -0.05) is 54.6 Å². The molecule has 0 aromatic heterocycles. The number of aromatic hydroxyl groups is 1. The molecule has 0 radical (unpaired) electrons. The number of rotatable bonds is 7. The van der Waals surface area contributed by atoms with Crippen LogP contribution in [0, 0.1) is 11.7 Å². The molecule has 194 valence electrons. The summed E-state index contributed by atoms with van der Waals surface area (Å²) in [7, 11) is -4.37. The summed E-state index contributed by atoms with van der Waals surface area (Å²) in [6, 6.07) is 24.8. The van der Waals surface area contributed by atoms with Crippen LogP contribution in [-0.4, -0.2) is 25.9 Å². The van der Waals surface area contributed by atoms with Crippen molar-refractivity contribution in [1.82, 2.24) is 0 Å². The summed E-state index contributed by atoms with van der Waals surface area (Å²) in [4.78, 5) is 33.6. The zero-order valence-corrected chi connectivity index (χ0v) is 20.9. The van der Waals surface area contributed by atoms with Crippen molar-refractivity contribution in [2.75, 3.05) is 4.90 Å². The van der Waals surface area contributed by atoms with E-state index in [2.05, 4.69) is 0 Å². The fourth-order valence-corrected chi connectivity index (χ4v) is 5.43. The lowest BCUT2D eigenvalue weighted by atomic mass is 9.77. The van der Waals surface area contributed by atoms with E-state index in [4.69, 9.17) is 0 Å². The van der Waals surface area contributed by atoms with Gasteiger partial charge in [0.05, 0.1) is 23.4 Å². The lowest BCUT2D eigenvalue weighted by molar-refractivity contribution is -0.132. The SMILES string of the molecule is O=C1[C@H](C[C@@H](O)c2ccc(F)cc2)[C@@H](c2ccc(-c3ccc(P(=O)(O)O)cc3)cc2O)N1c1ccccc1. The standard InChI is InChI=1S/C29H25FNO6P/c30-21-11-6-19(7-12-21)26(32)17-25-28(31(29(25)34)22-4-2-1-3-5-22)24-15-10-20(16-27(24)33)18-8-13-23(14-9-18)38(35,36)37/h1-16,25-26,28,32-33H,17H2,(H2,35,36,37)/t25-,26-,28-/m1/s1. The van der Waals surface area contributed by atoms with Crippen LogP contribution in [0.2, 0.25) is 0 Å². The van der Waals surface area contributed by atoms with Crippen molar-refractivity contribution in [2.24, 2.45) is 5.92 Å². The fraction of sp³-hybridized carbons (Fsp3) is 0.138. The third-order valence-corrected chi connectivity index (χ3v) is 7.84. The van der Waals surface area contributed by atoms with Gasteiger partial charge in [0.15, 0.2) is 0 Å². The number of aliphatic hydroxyl groups excluding tert-OH is 1. The molecular formula is C29H25FNO6P. The van der Waals surface area contributed by atoms with Crippen LogP contribution in [0.3, 0.4) is 0 Å². The van der Waals surface area contributed by atoms with E-state index < -0.39 is 31.5 Å². The number of amides is 1. The topological polar surface area (TPSA) is 118 Å². The summed E-state index contributed by atoms with van der Waals surface area (Å²) in [5.41, 5.74) is 2.93. The monoisotopic (exact) mass is 533 g/mol. The molecule has 1 aliphatic rings. The third kappa shape index (κ3) is 4.99. The molecule has 9 heteroatoms. The second kappa shape index (κ2) is 10.2. The van der Waals surface area contributed by atoms with Gasteiger partial charge in [0.25, 0.3) is 0 Å². The zero-order valence-electron chi connectivity index (χ0n) is 20.1. The molecule has 0 aliphatic carbocycles. The molecule has 0 unspecified atom stereocenters. The van der Waals surface area contributed by atoms with Crippen LogP contribution in [0.15, 0.2) is 97.1 Å². The molecule has 5 rings (SSSR count). The second-order valence-electron chi connectivity index (χ2n) is 9.26. The lowest BCUT2D eigenvalue weighted by Crippen LogP contribution is -2.55. The number of phenolic OH excluding ortho intramolecular Hbond substituents is 1. The van der Waals surface area contributed by atoms with E-state index in [0.717, 1.165) is 0 Å². The maximum absolute atomic E-state index is 13.3. The largest absolute Gasteiger partial charge is 0.508 e. The van der Waals surface area contributed by atoms with Crippen molar-refractivity contribution >= 4 is 24.5 Å². The Bertz CT molecular complexity index is 1500. The highest BCUT2D eigenvalue weighted by Gasteiger charge is 2.50. The molecule has 3 atom stereocenters. The molecule has 0 bridgehead atoms. The number of phenols is 1. The maximum Gasteiger partial charge on any atom is 0.356 e. The van der Waals surface area contributed by atoms with E-state index in [0.29, 0.717) is 27.9 Å². The van der Waals surface area contributed by atoms with Crippen molar-refractivity contribution in [3.05, 3.63) is 114 Å². The zero-order chi connectivity index (χ0) is 27.0. The van der Waals surface area contributed by atoms with Crippen LogP contribution in [0.1, 0.15) is 29.7 Å². The van der Waals surface area contributed by atoms with E-state index >= 15 is 0 Å². The quantitative estimate of drug-likeness (QED) is 0.200. The number of carbonyl (C=O) groups excluding carboxylic acids is 1. The Hall–Kier alpha value is -3.81. The normalized spacial score (nSPS) is 18.2. The molecule has 1 heterocycles. The fourth-order valence-electron chi connectivity index (χ4n) is 4.89. The van der Waals surface area contributed by atoms with Gasteiger partial charge in [0.2, 0.25) is 5.91 Å². The van der Waals surface area contributed by atoms with Gasteiger partial charge in [-0.25, -0.2) is 4.39 Å². The average Bonchev–Trinajstić information content (AvgIpc) is 2.91. The van der Waals surface area contributed by atoms with Crippen molar-refractivity contribution in [3.63, 3.8) is 0 Å². The van der Waals surface area contributed by atoms with Gasteiger partial charge in [-0.2, -0.15) is 0 Å². The Kier molecular flexibility index (Phi) is 6.90. The first-order valence-electron chi connectivity index (χ1n) is 11.9. The smallest absolute Gasteiger partial charge is 0.356 e. The number of β-lactam (4-membered cyclic amide) rings is 1. The Balaban J connectivity index is 1.47. The molecule has 1 saturated heterocycles. The number of para-hydroxylation sites is 1. The Morgan fingerprint density at radius 1 is 0.868 bits per heavy atom. The predicted octanol–water partition coefficient (Wildman–Crippen LogP) is 4.83. The molecule has 4 aromatic rings. The molecule has 1 amide bonds. The molecule has 0 spiro atoms. The van der Waals surface area contributed by atoms with Crippen LogP contribution < -0.4 is 10.2 Å².